The van der Waals surface area contributed by atoms with Crippen molar-refractivity contribution >= 4 is 17.2 Å². The number of nitrogens with zero attached hydrogens (tertiary/aromatic N) is 1. The summed E-state index contributed by atoms with van der Waals surface area (Å²) in [4.78, 5) is 12.9. The first-order chi connectivity index (χ1) is 9.16. The van der Waals surface area contributed by atoms with E-state index in [4.69, 9.17) is 4.52 Å². The average molecular weight is 278 g/mol. The molecule has 1 N–H and O–H groups in total. The van der Waals surface area contributed by atoms with Gasteiger partial charge in [0.25, 0.3) is 0 Å². The highest BCUT2D eigenvalue weighted by atomic mass is 32.1. The van der Waals surface area contributed by atoms with Crippen molar-refractivity contribution in [3.63, 3.8) is 0 Å². The summed E-state index contributed by atoms with van der Waals surface area (Å²) in [6, 6.07) is 4.07. The van der Waals surface area contributed by atoms with Gasteiger partial charge in [0.1, 0.15) is 5.76 Å². The lowest BCUT2D eigenvalue weighted by Gasteiger charge is -2.04. The van der Waals surface area contributed by atoms with Gasteiger partial charge in [0.05, 0.1) is 5.69 Å². The minimum absolute atomic E-state index is 0.0974. The molecule has 2 heterocycles. The van der Waals surface area contributed by atoms with Crippen molar-refractivity contribution in [1.82, 2.24) is 10.5 Å². The average Bonchev–Trinajstić information content (AvgIpc) is 3.00. The van der Waals surface area contributed by atoms with E-state index < -0.39 is 0 Å². The molecule has 0 unspecified atom stereocenters. The van der Waals surface area contributed by atoms with Crippen LogP contribution in [-0.2, 0) is 17.6 Å². The summed E-state index contributed by atoms with van der Waals surface area (Å²) >= 11 is 1.69. The van der Waals surface area contributed by atoms with E-state index in [0.717, 1.165) is 29.9 Å². The third kappa shape index (κ3) is 3.92. The second-order valence-corrected chi connectivity index (χ2v) is 5.51. The molecule has 5 heteroatoms. The van der Waals surface area contributed by atoms with Gasteiger partial charge in [-0.15, -0.1) is 11.3 Å². The van der Waals surface area contributed by atoms with Crippen LogP contribution in [0.15, 0.2) is 22.0 Å². The van der Waals surface area contributed by atoms with Crippen molar-refractivity contribution in [1.29, 1.82) is 0 Å². The summed E-state index contributed by atoms with van der Waals surface area (Å²) in [6.07, 6.45) is 2.13. The van der Waals surface area contributed by atoms with Gasteiger partial charge in [-0.1, -0.05) is 11.2 Å². The third-order valence-corrected chi connectivity index (χ3v) is 3.99. The Balaban J connectivity index is 1.69. The van der Waals surface area contributed by atoms with Crippen LogP contribution in [0.5, 0.6) is 0 Å². The minimum atomic E-state index is 0.0974. The maximum absolute atomic E-state index is 11.7. The van der Waals surface area contributed by atoms with Gasteiger partial charge < -0.3 is 9.84 Å². The number of nitrogens with one attached hydrogen (secondary N) is 1. The molecule has 19 heavy (non-hydrogen) atoms. The summed E-state index contributed by atoms with van der Waals surface area (Å²) < 4.78 is 5.09. The zero-order valence-corrected chi connectivity index (χ0v) is 12.0. The highest BCUT2D eigenvalue weighted by Gasteiger charge is 2.09. The molecule has 0 saturated carbocycles. The van der Waals surface area contributed by atoms with Gasteiger partial charge in [0.15, 0.2) is 0 Å². The SMILES string of the molecule is Cc1noc(C)c1CCNC(=O)CCc1cccs1. The van der Waals surface area contributed by atoms with Gasteiger partial charge in [0.2, 0.25) is 5.91 Å². The second kappa shape index (κ2) is 6.52. The lowest BCUT2D eigenvalue weighted by Crippen LogP contribution is -2.26. The number of thiophene rings is 1. The predicted molar refractivity (Wildman–Crippen MR) is 75.3 cm³/mol. The van der Waals surface area contributed by atoms with E-state index >= 15 is 0 Å². The number of hydrogen-bond acceptors (Lipinski definition) is 4. The van der Waals surface area contributed by atoms with E-state index in [1.165, 1.54) is 4.88 Å². The molecular weight excluding hydrogens is 260 g/mol. The zero-order chi connectivity index (χ0) is 13.7. The fourth-order valence-electron chi connectivity index (χ4n) is 1.97. The van der Waals surface area contributed by atoms with Crippen LogP contribution < -0.4 is 5.32 Å². The number of rotatable bonds is 6. The molecule has 2 aromatic rings. The van der Waals surface area contributed by atoms with Crippen molar-refractivity contribution in [2.75, 3.05) is 6.54 Å². The van der Waals surface area contributed by atoms with E-state index in [1.807, 2.05) is 25.3 Å². The molecule has 0 spiro atoms. The van der Waals surface area contributed by atoms with Gasteiger partial charge >= 0.3 is 0 Å². The molecule has 0 atom stereocenters. The Kier molecular flexibility index (Phi) is 4.74. The van der Waals surface area contributed by atoms with Crippen LogP contribution in [-0.4, -0.2) is 17.6 Å². The highest BCUT2D eigenvalue weighted by Crippen LogP contribution is 2.12. The van der Waals surface area contributed by atoms with E-state index in [0.29, 0.717) is 13.0 Å². The first-order valence-corrected chi connectivity index (χ1v) is 7.25. The topological polar surface area (TPSA) is 55.1 Å². The Bertz CT molecular complexity index is 512. The van der Waals surface area contributed by atoms with Gasteiger partial charge in [-0.2, -0.15) is 0 Å². The molecule has 0 aliphatic heterocycles. The number of aromatic nitrogens is 1. The van der Waals surface area contributed by atoms with Gasteiger partial charge in [-0.25, -0.2) is 0 Å². The first-order valence-electron chi connectivity index (χ1n) is 6.37. The van der Waals surface area contributed by atoms with Crippen LogP contribution >= 0.6 is 11.3 Å². The molecule has 0 saturated heterocycles. The van der Waals surface area contributed by atoms with Crippen LogP contribution in [0.4, 0.5) is 0 Å². The maximum atomic E-state index is 11.7. The van der Waals surface area contributed by atoms with Crippen LogP contribution in [0.25, 0.3) is 0 Å². The van der Waals surface area contributed by atoms with Crippen molar-refractivity contribution < 1.29 is 9.32 Å². The second-order valence-electron chi connectivity index (χ2n) is 4.48. The molecule has 2 aromatic heterocycles. The maximum Gasteiger partial charge on any atom is 0.220 e. The molecule has 0 fully saturated rings. The van der Waals surface area contributed by atoms with Crippen molar-refractivity contribution in [3.8, 4) is 0 Å². The Morgan fingerprint density at radius 2 is 2.26 bits per heavy atom. The predicted octanol–water partition coefficient (Wildman–Crippen LogP) is 2.64. The molecule has 0 bridgehead atoms. The number of carbonyl (C=O) groups excluding carboxylic acids is 1. The fraction of sp³-hybridized carbons (Fsp3) is 0.429. The number of hydrogen-bond donors (Lipinski definition) is 1. The summed E-state index contributed by atoms with van der Waals surface area (Å²) in [7, 11) is 0. The fourth-order valence-corrected chi connectivity index (χ4v) is 2.67. The Hall–Kier alpha value is -1.62. The van der Waals surface area contributed by atoms with Crippen LogP contribution in [0.2, 0.25) is 0 Å². The smallest absolute Gasteiger partial charge is 0.220 e. The molecule has 4 nitrogen and oxygen atoms in total. The van der Waals surface area contributed by atoms with Gasteiger partial charge in [0, 0.05) is 23.4 Å². The lowest BCUT2D eigenvalue weighted by atomic mass is 10.1. The summed E-state index contributed by atoms with van der Waals surface area (Å²) in [5.41, 5.74) is 2.00. The Morgan fingerprint density at radius 3 is 2.89 bits per heavy atom. The van der Waals surface area contributed by atoms with Crippen molar-refractivity contribution in [3.05, 3.63) is 39.4 Å². The highest BCUT2D eigenvalue weighted by molar-refractivity contribution is 7.09. The summed E-state index contributed by atoms with van der Waals surface area (Å²) in [5.74, 6) is 0.936. The molecule has 0 aliphatic rings. The molecular formula is C14H18N2O2S. The molecule has 102 valence electrons. The van der Waals surface area contributed by atoms with Crippen LogP contribution in [0.3, 0.4) is 0 Å². The minimum Gasteiger partial charge on any atom is -0.361 e. The molecule has 0 aromatic carbocycles. The standard InChI is InChI=1S/C14H18N2O2S/c1-10-13(11(2)18-16-10)7-8-15-14(17)6-5-12-4-3-9-19-12/h3-4,9H,5-8H2,1-2H3,(H,15,17). The molecule has 2 rings (SSSR count). The molecule has 0 radical (unpaired) electrons. The lowest BCUT2D eigenvalue weighted by molar-refractivity contribution is -0.121. The normalized spacial score (nSPS) is 10.6. The largest absolute Gasteiger partial charge is 0.361 e. The van der Waals surface area contributed by atoms with Crippen molar-refractivity contribution in [2.45, 2.75) is 33.1 Å². The van der Waals surface area contributed by atoms with E-state index in [9.17, 15) is 4.79 Å². The van der Waals surface area contributed by atoms with Gasteiger partial charge in [-0.05, 0) is 38.1 Å². The zero-order valence-electron chi connectivity index (χ0n) is 11.2. The monoisotopic (exact) mass is 278 g/mol. The van der Waals surface area contributed by atoms with Crippen LogP contribution in [0.1, 0.15) is 28.3 Å². The molecule has 0 aliphatic carbocycles. The first kappa shape index (κ1) is 13.8. The Morgan fingerprint density at radius 1 is 1.42 bits per heavy atom. The summed E-state index contributed by atoms with van der Waals surface area (Å²) in [5, 5.41) is 8.86. The number of aryl methyl sites for hydroxylation is 3. The summed E-state index contributed by atoms with van der Waals surface area (Å²) in [6.45, 7) is 4.45. The van der Waals surface area contributed by atoms with Crippen LogP contribution in [0, 0.1) is 13.8 Å². The molecule has 1 amide bonds. The number of carbonyl (C=O) groups is 1. The van der Waals surface area contributed by atoms with Crippen molar-refractivity contribution in [2.24, 2.45) is 0 Å². The van der Waals surface area contributed by atoms with E-state index in [2.05, 4.69) is 16.5 Å². The Labute approximate surface area is 116 Å². The van der Waals surface area contributed by atoms with E-state index in [1.54, 1.807) is 11.3 Å². The quantitative estimate of drug-likeness (QED) is 0.883. The van der Waals surface area contributed by atoms with E-state index in [-0.39, 0.29) is 5.91 Å². The third-order valence-electron chi connectivity index (χ3n) is 3.06. The van der Waals surface area contributed by atoms with Gasteiger partial charge in [-0.3, -0.25) is 4.79 Å². The number of amides is 1.